The van der Waals surface area contributed by atoms with Gasteiger partial charge in [-0.1, -0.05) is 30.3 Å². The number of esters is 1. The molecule has 2 aromatic rings. The van der Waals surface area contributed by atoms with Gasteiger partial charge in [-0.3, -0.25) is 10.1 Å². The Bertz CT molecular complexity index is 888. The predicted octanol–water partition coefficient (Wildman–Crippen LogP) is 1.49. The second-order valence-electron chi connectivity index (χ2n) is 5.21. The second kappa shape index (κ2) is 6.44. The Morgan fingerprint density at radius 3 is 2.48 bits per heavy atom. The summed E-state index contributed by atoms with van der Waals surface area (Å²) >= 11 is 0. The maximum Gasteiger partial charge on any atom is 0.339 e. The number of carbonyl (C=O) groups is 2. The normalized spacial score (nSPS) is 16.1. The molecule has 25 heavy (non-hydrogen) atoms. The van der Waals surface area contributed by atoms with Gasteiger partial charge in [-0.15, -0.1) is 0 Å². The average molecular weight is 339 g/mol. The first kappa shape index (κ1) is 16.2. The van der Waals surface area contributed by atoms with E-state index in [2.05, 4.69) is 5.32 Å². The third-order valence-corrected chi connectivity index (χ3v) is 3.67. The topological polar surface area (TPSA) is 122 Å². The van der Waals surface area contributed by atoms with Crippen LogP contribution in [0.1, 0.15) is 32.4 Å². The van der Waals surface area contributed by atoms with Crippen LogP contribution in [0.5, 0.6) is 0 Å². The molecule has 8 heteroatoms. The van der Waals surface area contributed by atoms with Gasteiger partial charge in [0.2, 0.25) is 6.10 Å². The van der Waals surface area contributed by atoms with Gasteiger partial charge >= 0.3 is 11.7 Å². The van der Waals surface area contributed by atoms with E-state index < -0.39 is 23.0 Å². The Morgan fingerprint density at radius 2 is 1.84 bits per heavy atom. The molecule has 3 rings (SSSR count). The molecule has 0 radical (unpaired) electrons. The standard InChI is InChI=1S/C17H12N2O6/c20-16(21)10-5-7-11(8-6-10)18-9-14(19(23)24)15-12-3-1-2-4-13(12)17(22)25-15/h1-9,15,18H,(H,20,21)/p-1/t15-/m0/s1. The van der Waals surface area contributed by atoms with Gasteiger partial charge in [-0.2, -0.15) is 0 Å². The first-order valence-electron chi connectivity index (χ1n) is 7.19. The van der Waals surface area contributed by atoms with Crippen molar-refractivity contribution in [2.45, 2.75) is 6.10 Å². The number of nitrogens with one attached hydrogen (secondary N) is 1. The van der Waals surface area contributed by atoms with Gasteiger partial charge in [0.15, 0.2) is 0 Å². The quantitative estimate of drug-likeness (QED) is 0.497. The van der Waals surface area contributed by atoms with Crippen molar-refractivity contribution in [1.82, 2.24) is 0 Å². The van der Waals surface area contributed by atoms with Crippen molar-refractivity contribution in [3.8, 4) is 0 Å². The fraction of sp³-hybridized carbons (Fsp3) is 0.0588. The van der Waals surface area contributed by atoms with Crippen LogP contribution in [-0.4, -0.2) is 16.9 Å². The molecule has 0 amide bonds. The molecule has 1 atom stereocenters. The van der Waals surface area contributed by atoms with Crippen LogP contribution in [0.25, 0.3) is 0 Å². The molecule has 1 aliphatic rings. The summed E-state index contributed by atoms with van der Waals surface area (Å²) in [6.07, 6.45) is 0.00217. The van der Waals surface area contributed by atoms with E-state index >= 15 is 0 Å². The first-order valence-corrected chi connectivity index (χ1v) is 7.19. The number of carboxylic acids is 1. The maximum absolute atomic E-state index is 11.8. The Balaban J connectivity index is 1.87. The molecule has 0 aromatic heterocycles. The summed E-state index contributed by atoms with van der Waals surface area (Å²) in [7, 11) is 0. The zero-order chi connectivity index (χ0) is 18.0. The number of nitro groups is 1. The third kappa shape index (κ3) is 3.18. The Morgan fingerprint density at radius 1 is 1.16 bits per heavy atom. The number of nitrogens with zero attached hydrogens (tertiary/aromatic N) is 1. The van der Waals surface area contributed by atoms with Crippen LogP contribution in [0.2, 0.25) is 0 Å². The minimum Gasteiger partial charge on any atom is -0.545 e. The number of fused-ring (bicyclic) bond motifs is 1. The van der Waals surface area contributed by atoms with Crippen LogP contribution in [0.3, 0.4) is 0 Å². The minimum absolute atomic E-state index is 0.0114. The van der Waals surface area contributed by atoms with Crippen molar-refractivity contribution in [3.63, 3.8) is 0 Å². The molecule has 1 N–H and O–H groups in total. The second-order valence-corrected chi connectivity index (χ2v) is 5.21. The lowest BCUT2D eigenvalue weighted by atomic mass is 10.0. The summed E-state index contributed by atoms with van der Waals surface area (Å²) in [5.41, 5.74) is 0.787. The SMILES string of the molecule is O=C([O-])c1ccc(NC=C([C@H]2OC(=O)c3ccccc32)[N+](=O)[O-])cc1. The van der Waals surface area contributed by atoms with Crippen LogP contribution >= 0.6 is 0 Å². The van der Waals surface area contributed by atoms with E-state index in [0.717, 1.165) is 6.20 Å². The number of cyclic esters (lactones) is 1. The van der Waals surface area contributed by atoms with E-state index in [1.165, 1.54) is 24.3 Å². The molecule has 0 fully saturated rings. The lowest BCUT2D eigenvalue weighted by molar-refractivity contribution is -0.436. The van der Waals surface area contributed by atoms with Gasteiger partial charge in [0.05, 0.1) is 22.7 Å². The van der Waals surface area contributed by atoms with Gasteiger partial charge in [-0.05, 0) is 23.8 Å². The number of hydrogen-bond acceptors (Lipinski definition) is 7. The minimum atomic E-state index is -1.32. The summed E-state index contributed by atoms with van der Waals surface area (Å²) < 4.78 is 5.12. The third-order valence-electron chi connectivity index (χ3n) is 3.67. The van der Waals surface area contributed by atoms with Crippen molar-refractivity contribution in [3.05, 3.63) is 87.2 Å². The van der Waals surface area contributed by atoms with Crippen molar-refractivity contribution in [1.29, 1.82) is 0 Å². The number of rotatable bonds is 5. The Kier molecular flexibility index (Phi) is 4.17. The molecular weight excluding hydrogens is 328 g/mol. The number of benzene rings is 2. The molecule has 0 bridgehead atoms. The largest absolute Gasteiger partial charge is 0.545 e. The fourth-order valence-corrected chi connectivity index (χ4v) is 2.45. The van der Waals surface area contributed by atoms with Crippen LogP contribution in [-0.2, 0) is 4.74 Å². The van der Waals surface area contributed by atoms with Crippen LogP contribution < -0.4 is 10.4 Å². The van der Waals surface area contributed by atoms with E-state index in [0.29, 0.717) is 16.8 Å². The lowest BCUT2D eigenvalue weighted by Gasteiger charge is -2.09. The number of ether oxygens (including phenoxy) is 1. The van der Waals surface area contributed by atoms with Gasteiger partial charge in [0.1, 0.15) is 0 Å². The van der Waals surface area contributed by atoms with Crippen LogP contribution in [0.15, 0.2) is 60.4 Å². The number of anilines is 1. The zero-order valence-electron chi connectivity index (χ0n) is 12.7. The monoisotopic (exact) mass is 339 g/mol. The highest BCUT2D eigenvalue weighted by molar-refractivity contribution is 5.94. The molecule has 0 saturated carbocycles. The summed E-state index contributed by atoms with van der Waals surface area (Å²) in [6, 6.07) is 11.9. The highest BCUT2D eigenvalue weighted by atomic mass is 16.6. The van der Waals surface area contributed by atoms with E-state index in [1.54, 1.807) is 24.3 Å². The molecule has 0 aliphatic carbocycles. The van der Waals surface area contributed by atoms with Gasteiger partial charge in [0, 0.05) is 11.3 Å². The molecule has 0 unspecified atom stereocenters. The highest BCUT2D eigenvalue weighted by Gasteiger charge is 2.39. The van der Waals surface area contributed by atoms with Crippen molar-refractivity contribution in [2.24, 2.45) is 0 Å². The molecule has 1 aliphatic heterocycles. The summed E-state index contributed by atoms with van der Waals surface area (Å²) in [5, 5.41) is 24.8. The maximum atomic E-state index is 11.8. The first-order chi connectivity index (χ1) is 12.0. The smallest absolute Gasteiger partial charge is 0.339 e. The molecule has 0 saturated heterocycles. The van der Waals surface area contributed by atoms with Gasteiger partial charge < -0.3 is 20.0 Å². The zero-order valence-corrected chi connectivity index (χ0v) is 12.7. The summed E-state index contributed by atoms with van der Waals surface area (Å²) in [6.45, 7) is 0. The molecular formula is C17H11N2O6-. The molecule has 1 heterocycles. The molecule has 0 spiro atoms. The van der Waals surface area contributed by atoms with E-state index in [1.807, 2.05) is 0 Å². The molecule has 8 nitrogen and oxygen atoms in total. The average Bonchev–Trinajstić information content (AvgIpc) is 2.92. The summed E-state index contributed by atoms with van der Waals surface area (Å²) in [4.78, 5) is 33.3. The van der Waals surface area contributed by atoms with Crippen molar-refractivity contribution < 1.29 is 24.4 Å². The number of carboxylic acid groups (broad SMARTS) is 1. The predicted molar refractivity (Wildman–Crippen MR) is 84.1 cm³/mol. The number of hydrogen-bond donors (Lipinski definition) is 1. The highest BCUT2D eigenvalue weighted by Crippen LogP contribution is 2.35. The van der Waals surface area contributed by atoms with E-state index in [-0.39, 0.29) is 11.3 Å². The Hall–Kier alpha value is -3.68. The van der Waals surface area contributed by atoms with Gasteiger partial charge in [-0.25, -0.2) is 4.79 Å². The van der Waals surface area contributed by atoms with Crippen molar-refractivity contribution >= 4 is 17.6 Å². The van der Waals surface area contributed by atoms with Crippen molar-refractivity contribution in [2.75, 3.05) is 5.32 Å². The van der Waals surface area contributed by atoms with E-state index in [4.69, 9.17) is 4.74 Å². The summed E-state index contributed by atoms with van der Waals surface area (Å²) in [5.74, 6) is -1.94. The molecule has 2 aromatic carbocycles. The Labute approximate surface area is 141 Å². The van der Waals surface area contributed by atoms with Crippen LogP contribution in [0, 0.1) is 10.1 Å². The van der Waals surface area contributed by atoms with Gasteiger partial charge in [0.25, 0.3) is 0 Å². The number of aromatic carboxylic acids is 1. The van der Waals surface area contributed by atoms with Crippen LogP contribution in [0.4, 0.5) is 5.69 Å². The van der Waals surface area contributed by atoms with E-state index in [9.17, 15) is 24.8 Å². The molecule has 126 valence electrons. The lowest BCUT2D eigenvalue weighted by Crippen LogP contribution is -2.21. The number of carbonyl (C=O) groups excluding carboxylic acids is 2. The fourth-order valence-electron chi connectivity index (χ4n) is 2.45.